The predicted molar refractivity (Wildman–Crippen MR) is 107 cm³/mol. The minimum Gasteiger partial charge on any atom is -0.493 e. The Morgan fingerprint density at radius 2 is 2.04 bits per heavy atom. The Bertz CT molecular complexity index is 900. The van der Waals surface area contributed by atoms with Crippen molar-refractivity contribution in [1.82, 2.24) is 5.01 Å². The van der Waals surface area contributed by atoms with Crippen LogP contribution in [0.2, 0.25) is 5.02 Å². The predicted octanol–water partition coefficient (Wildman–Crippen LogP) is 3.34. The van der Waals surface area contributed by atoms with E-state index in [2.05, 4.69) is 10.3 Å². The quantitative estimate of drug-likeness (QED) is 0.527. The molecule has 28 heavy (non-hydrogen) atoms. The van der Waals surface area contributed by atoms with E-state index in [9.17, 15) is 4.79 Å². The van der Waals surface area contributed by atoms with Crippen LogP contribution in [0.1, 0.15) is 17.5 Å². The van der Waals surface area contributed by atoms with Gasteiger partial charge in [-0.05, 0) is 17.7 Å². The largest absolute Gasteiger partial charge is 0.493 e. The molecule has 146 valence electrons. The van der Waals surface area contributed by atoms with Crippen LogP contribution >= 0.6 is 11.6 Å². The Hall–Kier alpha value is -3.06. The van der Waals surface area contributed by atoms with E-state index in [4.69, 9.17) is 25.9 Å². The van der Waals surface area contributed by atoms with Crippen LogP contribution < -0.4 is 9.47 Å². The maximum absolute atomic E-state index is 12.2. The number of halogens is 1. The second-order valence-corrected chi connectivity index (χ2v) is 6.33. The van der Waals surface area contributed by atoms with Crippen molar-refractivity contribution in [2.24, 2.45) is 10.3 Å². The summed E-state index contributed by atoms with van der Waals surface area (Å²) in [4.78, 5) is 17.4. The molecule has 0 saturated heterocycles. The van der Waals surface area contributed by atoms with E-state index in [0.717, 1.165) is 11.3 Å². The van der Waals surface area contributed by atoms with E-state index in [1.54, 1.807) is 12.1 Å². The number of benzene rings is 2. The fraction of sp³-hybridized carbons (Fsp3) is 0.250. The number of hydrogen-bond acceptors (Lipinski definition) is 6. The lowest BCUT2D eigenvalue weighted by molar-refractivity contribution is -0.135. The SMILES string of the molecule is COc1cc(/C=N/OCC(=O)N2CCC(c3ccccc3)=N2)cc(Cl)c1OC. The molecule has 0 saturated carbocycles. The molecule has 1 amide bonds. The van der Waals surface area contributed by atoms with Gasteiger partial charge in [0.2, 0.25) is 0 Å². The second-order valence-electron chi connectivity index (χ2n) is 5.93. The number of methoxy groups -OCH3 is 2. The molecule has 2 aromatic rings. The van der Waals surface area contributed by atoms with E-state index >= 15 is 0 Å². The van der Waals surface area contributed by atoms with Gasteiger partial charge in [0.1, 0.15) is 0 Å². The molecule has 7 nitrogen and oxygen atoms in total. The van der Waals surface area contributed by atoms with E-state index in [1.165, 1.54) is 25.4 Å². The summed E-state index contributed by atoms with van der Waals surface area (Å²) < 4.78 is 10.4. The number of carbonyl (C=O) groups is 1. The molecule has 0 fully saturated rings. The van der Waals surface area contributed by atoms with Gasteiger partial charge >= 0.3 is 0 Å². The van der Waals surface area contributed by atoms with Crippen molar-refractivity contribution in [1.29, 1.82) is 0 Å². The molecule has 0 radical (unpaired) electrons. The number of oxime groups is 1. The Morgan fingerprint density at radius 1 is 1.25 bits per heavy atom. The summed E-state index contributed by atoms with van der Waals surface area (Å²) in [5, 5.41) is 9.99. The van der Waals surface area contributed by atoms with Crippen LogP contribution in [0.4, 0.5) is 0 Å². The van der Waals surface area contributed by atoms with Crippen molar-refractivity contribution in [3.8, 4) is 11.5 Å². The first kappa shape index (κ1) is 19.7. The molecule has 3 rings (SSSR count). The van der Waals surface area contributed by atoms with Gasteiger partial charge in [-0.3, -0.25) is 4.79 Å². The topological polar surface area (TPSA) is 72.7 Å². The molecule has 1 aliphatic heterocycles. The molecule has 0 unspecified atom stereocenters. The summed E-state index contributed by atoms with van der Waals surface area (Å²) in [7, 11) is 3.03. The van der Waals surface area contributed by atoms with Crippen molar-refractivity contribution >= 4 is 29.4 Å². The molecule has 0 aliphatic carbocycles. The van der Waals surface area contributed by atoms with Gasteiger partial charge in [-0.25, -0.2) is 5.01 Å². The summed E-state index contributed by atoms with van der Waals surface area (Å²) >= 11 is 6.14. The van der Waals surface area contributed by atoms with Gasteiger partial charge in [-0.15, -0.1) is 0 Å². The number of nitrogens with zero attached hydrogens (tertiary/aromatic N) is 3. The number of carbonyl (C=O) groups excluding carboxylic acids is 1. The average Bonchev–Trinajstić information content (AvgIpc) is 3.21. The lowest BCUT2D eigenvalue weighted by Gasteiger charge is -2.10. The standard InChI is InChI=1S/C20H20ClN3O4/c1-26-18-11-14(10-16(21)20(18)27-2)12-22-28-13-19(25)24-9-8-17(23-24)15-6-4-3-5-7-15/h3-7,10-12H,8-9,13H2,1-2H3/b22-12+. The fourth-order valence-electron chi connectivity index (χ4n) is 2.75. The molecule has 0 atom stereocenters. The summed E-state index contributed by atoms with van der Waals surface area (Å²) in [6.45, 7) is 0.324. The van der Waals surface area contributed by atoms with Crippen LogP contribution in [0.3, 0.4) is 0 Å². The lowest BCUT2D eigenvalue weighted by atomic mass is 10.1. The molecule has 0 aromatic heterocycles. The van der Waals surface area contributed by atoms with E-state index in [0.29, 0.717) is 35.1 Å². The number of ether oxygens (including phenoxy) is 2. The monoisotopic (exact) mass is 401 g/mol. The first-order chi connectivity index (χ1) is 13.6. The number of hydrogen-bond donors (Lipinski definition) is 0. The Balaban J connectivity index is 1.56. The molecule has 0 N–H and O–H groups in total. The first-order valence-electron chi connectivity index (χ1n) is 8.62. The fourth-order valence-corrected chi connectivity index (χ4v) is 3.04. The van der Waals surface area contributed by atoms with Crippen LogP contribution in [-0.4, -0.2) is 50.2 Å². The summed E-state index contributed by atoms with van der Waals surface area (Å²) in [5.74, 6) is 0.666. The van der Waals surface area contributed by atoms with Gasteiger partial charge in [0.05, 0.1) is 37.7 Å². The van der Waals surface area contributed by atoms with E-state index in [-0.39, 0.29) is 12.5 Å². The molecule has 0 spiro atoms. The van der Waals surface area contributed by atoms with Crippen molar-refractivity contribution in [2.75, 3.05) is 27.4 Å². The normalized spacial score (nSPS) is 13.5. The summed E-state index contributed by atoms with van der Waals surface area (Å²) in [6, 6.07) is 13.1. The van der Waals surface area contributed by atoms with Crippen molar-refractivity contribution in [3.05, 3.63) is 58.6 Å². The molecular formula is C20H20ClN3O4. The minimum absolute atomic E-state index is 0.205. The lowest BCUT2D eigenvalue weighted by Crippen LogP contribution is -2.26. The first-order valence-corrected chi connectivity index (χ1v) is 9.00. The van der Waals surface area contributed by atoms with Gasteiger partial charge in [0.25, 0.3) is 5.91 Å². The highest BCUT2D eigenvalue weighted by molar-refractivity contribution is 6.32. The third-order valence-corrected chi connectivity index (χ3v) is 4.40. The molecule has 1 heterocycles. The van der Waals surface area contributed by atoms with Gasteiger partial charge in [0, 0.05) is 12.0 Å². The van der Waals surface area contributed by atoms with Crippen molar-refractivity contribution in [3.63, 3.8) is 0 Å². The van der Waals surface area contributed by atoms with Crippen molar-refractivity contribution < 1.29 is 19.1 Å². The molecule has 2 aromatic carbocycles. The number of rotatable bonds is 7. The van der Waals surface area contributed by atoms with E-state index in [1.807, 2.05) is 30.3 Å². The molecule has 0 bridgehead atoms. The summed E-state index contributed by atoms with van der Waals surface area (Å²) in [5.41, 5.74) is 2.56. The molecular weight excluding hydrogens is 382 g/mol. The zero-order valence-electron chi connectivity index (χ0n) is 15.6. The highest BCUT2D eigenvalue weighted by atomic mass is 35.5. The Kier molecular flexibility index (Phi) is 6.49. The van der Waals surface area contributed by atoms with Gasteiger partial charge < -0.3 is 14.3 Å². The maximum atomic E-state index is 12.2. The second kappa shape index (κ2) is 9.23. The maximum Gasteiger partial charge on any atom is 0.283 e. The van der Waals surface area contributed by atoms with E-state index < -0.39 is 0 Å². The number of hydrazone groups is 1. The third kappa shape index (κ3) is 4.61. The van der Waals surface area contributed by atoms with Crippen LogP contribution in [-0.2, 0) is 9.63 Å². The molecule has 8 heteroatoms. The number of amides is 1. The summed E-state index contributed by atoms with van der Waals surface area (Å²) in [6.07, 6.45) is 2.16. The highest BCUT2D eigenvalue weighted by Crippen LogP contribution is 2.35. The van der Waals surface area contributed by atoms with Crippen LogP contribution in [0.25, 0.3) is 0 Å². The Labute approximate surface area is 168 Å². The highest BCUT2D eigenvalue weighted by Gasteiger charge is 2.21. The zero-order valence-corrected chi connectivity index (χ0v) is 16.3. The van der Waals surface area contributed by atoms with Crippen LogP contribution in [0, 0.1) is 0 Å². The average molecular weight is 402 g/mol. The van der Waals surface area contributed by atoms with Crippen LogP contribution in [0.5, 0.6) is 11.5 Å². The van der Waals surface area contributed by atoms with Crippen molar-refractivity contribution in [2.45, 2.75) is 6.42 Å². The van der Waals surface area contributed by atoms with Crippen LogP contribution in [0.15, 0.2) is 52.7 Å². The van der Waals surface area contributed by atoms with Gasteiger partial charge in [0.15, 0.2) is 18.1 Å². The Morgan fingerprint density at radius 3 is 2.75 bits per heavy atom. The van der Waals surface area contributed by atoms with Gasteiger partial charge in [-0.2, -0.15) is 5.10 Å². The minimum atomic E-state index is -0.256. The smallest absolute Gasteiger partial charge is 0.283 e. The van der Waals surface area contributed by atoms with Gasteiger partial charge in [-0.1, -0.05) is 47.1 Å². The molecule has 1 aliphatic rings. The zero-order chi connectivity index (χ0) is 19.9. The third-order valence-electron chi connectivity index (χ3n) is 4.12.